The van der Waals surface area contributed by atoms with E-state index in [-0.39, 0.29) is 26.8 Å². The Balaban J connectivity index is 0.00000302. The third kappa shape index (κ3) is 4.99. The van der Waals surface area contributed by atoms with Crippen LogP contribution >= 0.6 is 0 Å². The second kappa shape index (κ2) is 11.4. The first kappa shape index (κ1) is 26.4. The van der Waals surface area contributed by atoms with Crippen LogP contribution in [0.4, 0.5) is 0 Å². The summed E-state index contributed by atoms with van der Waals surface area (Å²) in [6.45, 7) is 0. The fourth-order valence-corrected chi connectivity index (χ4v) is 5.17. The van der Waals surface area contributed by atoms with Gasteiger partial charge in [-0.1, -0.05) is 102 Å². The van der Waals surface area contributed by atoms with Gasteiger partial charge in [0.05, 0.1) is 16.6 Å². The second-order valence-electron chi connectivity index (χ2n) is 9.57. The second-order valence-corrected chi connectivity index (χ2v) is 9.57. The van der Waals surface area contributed by atoms with Crippen LogP contribution in [0.25, 0.3) is 61.6 Å². The number of nitrogens with zero attached hydrogens (tertiary/aromatic N) is 3. The van der Waals surface area contributed by atoms with Crippen LogP contribution in [0.3, 0.4) is 0 Å². The topological polar surface area (TPSA) is 50.9 Å². The molecule has 200 valence electrons. The number of benzene rings is 5. The summed E-state index contributed by atoms with van der Waals surface area (Å²) in [6.07, 6.45) is 1.80. The van der Waals surface area contributed by atoms with E-state index in [0.29, 0.717) is 11.4 Å². The molecule has 1 N–H and O–H groups in total. The number of para-hydroxylation sites is 3. The van der Waals surface area contributed by atoms with Gasteiger partial charge in [-0.2, -0.15) is 0 Å². The van der Waals surface area contributed by atoms with Gasteiger partial charge in [-0.15, -0.1) is 23.8 Å². The van der Waals surface area contributed by atoms with E-state index in [1.165, 1.54) is 0 Å². The van der Waals surface area contributed by atoms with Gasteiger partial charge in [-0.05, 0) is 42.0 Å². The molecule has 5 heteroatoms. The third-order valence-corrected chi connectivity index (χ3v) is 7.05. The van der Waals surface area contributed by atoms with Crippen molar-refractivity contribution in [2.24, 2.45) is 0 Å². The minimum Gasteiger partial charge on any atom is -0.507 e. The van der Waals surface area contributed by atoms with Gasteiger partial charge in [0.15, 0.2) is 0 Å². The summed E-state index contributed by atoms with van der Waals surface area (Å²) < 4.78 is 2.11. The van der Waals surface area contributed by atoms with E-state index in [9.17, 15) is 5.11 Å². The maximum absolute atomic E-state index is 10.8. The molecule has 2 aromatic heterocycles. The number of pyridine rings is 1. The van der Waals surface area contributed by atoms with E-state index >= 15 is 0 Å². The van der Waals surface area contributed by atoms with Gasteiger partial charge in [0.1, 0.15) is 11.6 Å². The molecule has 0 radical (unpaired) electrons. The Morgan fingerprint density at radius 3 is 2.05 bits per heavy atom. The number of rotatable bonds is 5. The summed E-state index contributed by atoms with van der Waals surface area (Å²) in [5.41, 5.74) is 9.27. The van der Waals surface area contributed by atoms with Crippen LogP contribution in [-0.2, 0) is 21.1 Å². The van der Waals surface area contributed by atoms with Crippen molar-refractivity contribution in [3.63, 3.8) is 0 Å². The summed E-state index contributed by atoms with van der Waals surface area (Å²) >= 11 is 0. The van der Waals surface area contributed by atoms with Gasteiger partial charge in [0.2, 0.25) is 0 Å². The maximum atomic E-state index is 10.8. The Labute approximate surface area is 252 Å². The van der Waals surface area contributed by atoms with Crippen molar-refractivity contribution in [3.8, 4) is 56.3 Å². The van der Waals surface area contributed by atoms with Crippen LogP contribution in [0, 0.1) is 6.07 Å². The fourth-order valence-electron chi connectivity index (χ4n) is 5.17. The van der Waals surface area contributed by atoms with Crippen LogP contribution in [0.1, 0.15) is 0 Å². The molecule has 0 saturated carbocycles. The first-order chi connectivity index (χ1) is 19.8. The number of imidazole rings is 1. The first-order valence-corrected chi connectivity index (χ1v) is 13.2. The molecule has 0 amide bonds. The number of phenolic OH excluding ortho intramolecular Hbond substituents is 1. The number of aromatic nitrogens is 3. The monoisotopic (exact) mass is 709 g/mol. The summed E-state index contributed by atoms with van der Waals surface area (Å²) in [7, 11) is 0. The Bertz CT molecular complexity index is 1890. The van der Waals surface area contributed by atoms with E-state index in [2.05, 4.69) is 70.2 Å². The normalized spacial score (nSPS) is 10.8. The van der Waals surface area contributed by atoms with Gasteiger partial charge >= 0.3 is 0 Å². The van der Waals surface area contributed by atoms with Crippen LogP contribution in [0.2, 0.25) is 0 Å². The van der Waals surface area contributed by atoms with Crippen LogP contribution in [0.15, 0.2) is 140 Å². The Morgan fingerprint density at radius 2 is 1.29 bits per heavy atom. The average Bonchev–Trinajstić information content (AvgIpc) is 3.42. The first-order valence-electron chi connectivity index (χ1n) is 13.2. The molecule has 0 saturated heterocycles. The van der Waals surface area contributed by atoms with E-state index in [1.54, 1.807) is 12.3 Å². The summed E-state index contributed by atoms with van der Waals surface area (Å²) in [5, 5.41) is 10.8. The molecule has 5 aromatic carbocycles. The van der Waals surface area contributed by atoms with Crippen molar-refractivity contribution < 1.29 is 26.2 Å². The van der Waals surface area contributed by atoms with E-state index in [1.807, 2.05) is 72.8 Å². The largest absolute Gasteiger partial charge is 0.507 e. The smallest absolute Gasteiger partial charge is 0.148 e. The third-order valence-electron chi connectivity index (χ3n) is 7.05. The quantitative estimate of drug-likeness (QED) is 0.182. The van der Waals surface area contributed by atoms with Crippen molar-refractivity contribution in [1.29, 1.82) is 0 Å². The van der Waals surface area contributed by atoms with E-state index in [4.69, 9.17) is 4.98 Å². The van der Waals surface area contributed by atoms with Gasteiger partial charge < -0.3 is 5.11 Å². The molecule has 2 heterocycles. The van der Waals surface area contributed by atoms with Crippen LogP contribution in [0.5, 0.6) is 5.75 Å². The SMILES string of the molecule is Oc1ccccc1-c1nc2c(-c3[c-]c(-c4ccccn4)cc(-c4ccccc4)c3)cccc2n1-c1ccccc1.[Pt]. The summed E-state index contributed by atoms with van der Waals surface area (Å²) in [4.78, 5) is 9.78. The Hall–Kier alpha value is -4.79. The predicted molar refractivity (Wildman–Crippen MR) is 161 cm³/mol. The number of phenols is 1. The Morgan fingerprint density at radius 1 is 0.610 bits per heavy atom. The molecule has 0 atom stereocenters. The van der Waals surface area contributed by atoms with E-state index < -0.39 is 0 Å². The standard InChI is InChI=1S/C36H24N3O.Pt/c40-34-20-8-7-16-31(34)36-38-35-30(17-11-19-33(35)39(36)29-14-5-2-6-15-29)27-22-26(25-12-3-1-4-13-25)23-28(24-27)32-18-9-10-21-37-32;/h1-23,40H;/q-1;. The molecular formula is C36H24N3OPt-. The number of hydrogen-bond donors (Lipinski definition) is 1. The molecule has 0 unspecified atom stereocenters. The molecule has 0 spiro atoms. The zero-order chi connectivity index (χ0) is 26.9. The Kier molecular flexibility index (Phi) is 7.33. The molecule has 4 nitrogen and oxygen atoms in total. The fraction of sp³-hybridized carbons (Fsp3) is 0. The van der Waals surface area contributed by atoms with Crippen molar-refractivity contribution in [1.82, 2.24) is 14.5 Å². The van der Waals surface area contributed by atoms with Gasteiger partial charge in [0, 0.05) is 38.6 Å². The minimum atomic E-state index is 0. The van der Waals surface area contributed by atoms with Gasteiger partial charge in [0.25, 0.3) is 0 Å². The zero-order valence-corrected chi connectivity index (χ0v) is 24.2. The van der Waals surface area contributed by atoms with Gasteiger partial charge in [-0.25, -0.2) is 4.98 Å². The molecular weight excluding hydrogens is 685 g/mol. The molecule has 0 aliphatic carbocycles. The average molecular weight is 710 g/mol. The molecule has 0 bridgehead atoms. The maximum Gasteiger partial charge on any atom is 0.148 e. The predicted octanol–water partition coefficient (Wildman–Crippen LogP) is 8.59. The number of fused-ring (bicyclic) bond motifs is 1. The summed E-state index contributed by atoms with van der Waals surface area (Å²) in [5.74, 6) is 0.863. The zero-order valence-electron chi connectivity index (χ0n) is 21.9. The van der Waals surface area contributed by atoms with Gasteiger partial charge in [-0.3, -0.25) is 9.55 Å². The van der Waals surface area contributed by atoms with Crippen molar-refractivity contribution in [3.05, 3.63) is 146 Å². The van der Waals surface area contributed by atoms with E-state index in [0.717, 1.165) is 50.2 Å². The van der Waals surface area contributed by atoms with Crippen molar-refractivity contribution >= 4 is 11.0 Å². The van der Waals surface area contributed by atoms with Crippen LogP contribution in [-0.4, -0.2) is 19.6 Å². The molecule has 0 fully saturated rings. The summed E-state index contributed by atoms with van der Waals surface area (Å²) in [6, 6.07) is 47.9. The number of aromatic hydroxyl groups is 1. The molecule has 41 heavy (non-hydrogen) atoms. The molecule has 0 aliphatic heterocycles. The molecule has 0 aliphatic rings. The number of hydrogen-bond acceptors (Lipinski definition) is 3. The molecule has 7 aromatic rings. The molecule has 7 rings (SSSR count). The minimum absolute atomic E-state index is 0. The van der Waals surface area contributed by atoms with Crippen LogP contribution < -0.4 is 0 Å². The van der Waals surface area contributed by atoms with Crippen molar-refractivity contribution in [2.45, 2.75) is 0 Å². The van der Waals surface area contributed by atoms with Crippen molar-refractivity contribution in [2.75, 3.05) is 0 Å².